The Morgan fingerprint density at radius 1 is 1.30 bits per heavy atom. The zero-order valence-corrected chi connectivity index (χ0v) is 18.8. The van der Waals surface area contributed by atoms with Crippen LogP contribution in [0.4, 0.5) is 9.80 Å². The largest absolute Gasteiger partial charge is 0.493 e. The molecule has 1 aromatic carbocycles. The van der Waals surface area contributed by atoms with Gasteiger partial charge in [0.2, 0.25) is 5.91 Å². The molecule has 1 saturated carbocycles. The molecule has 1 atom stereocenters. The van der Waals surface area contributed by atoms with Gasteiger partial charge in [-0.3, -0.25) is 14.5 Å². The van der Waals surface area contributed by atoms with Crippen molar-refractivity contribution in [2.24, 2.45) is 0 Å². The Labute approximate surface area is 194 Å². The molecule has 9 nitrogen and oxygen atoms in total. The van der Waals surface area contributed by atoms with Gasteiger partial charge in [0.05, 0.1) is 18.8 Å². The summed E-state index contributed by atoms with van der Waals surface area (Å²) >= 11 is 1.25. The molecule has 1 spiro atoms. The number of para-hydroxylation sites is 1. The number of carbonyl (C=O) groups excluding carboxylic acids is 4. The Bertz CT molecular complexity index is 1160. The summed E-state index contributed by atoms with van der Waals surface area (Å²) in [6, 6.07) is 6.42. The summed E-state index contributed by atoms with van der Waals surface area (Å²) in [6.45, 7) is 1.75. The molecule has 0 radical (unpaired) electrons. The van der Waals surface area contributed by atoms with E-state index in [2.05, 4.69) is 10.6 Å². The Balaban J connectivity index is 1.35. The van der Waals surface area contributed by atoms with Gasteiger partial charge in [-0.2, -0.15) is 0 Å². The number of hydrogen-bond donors (Lipinski definition) is 2. The maximum atomic E-state index is 13.3. The van der Waals surface area contributed by atoms with Crippen LogP contribution in [0, 0.1) is 0 Å². The van der Waals surface area contributed by atoms with Gasteiger partial charge >= 0.3 is 12.0 Å². The van der Waals surface area contributed by atoms with Crippen molar-refractivity contribution in [1.29, 1.82) is 0 Å². The average molecular weight is 470 g/mol. The van der Waals surface area contributed by atoms with E-state index < -0.39 is 35.9 Å². The summed E-state index contributed by atoms with van der Waals surface area (Å²) in [7, 11) is 0. The number of nitrogens with one attached hydrogen (secondary N) is 2. The van der Waals surface area contributed by atoms with Crippen molar-refractivity contribution in [3.63, 3.8) is 0 Å². The number of urea groups is 1. The van der Waals surface area contributed by atoms with Crippen LogP contribution in [0.5, 0.6) is 5.75 Å². The van der Waals surface area contributed by atoms with E-state index in [1.165, 1.54) is 11.3 Å². The van der Waals surface area contributed by atoms with Crippen LogP contribution < -0.4 is 15.4 Å². The van der Waals surface area contributed by atoms with Gasteiger partial charge in [0.1, 0.15) is 17.3 Å². The first-order chi connectivity index (χ1) is 15.9. The van der Waals surface area contributed by atoms with Gasteiger partial charge in [-0.1, -0.05) is 18.2 Å². The maximum Gasteiger partial charge on any atom is 0.341 e. The summed E-state index contributed by atoms with van der Waals surface area (Å²) in [5, 5.41) is 7.72. The highest BCUT2D eigenvalue weighted by Gasteiger charge is 2.55. The van der Waals surface area contributed by atoms with Crippen LogP contribution >= 0.6 is 11.3 Å². The monoisotopic (exact) mass is 469 g/mol. The molecule has 4 amide bonds. The molecule has 2 aromatic rings. The van der Waals surface area contributed by atoms with Gasteiger partial charge in [-0.15, -0.1) is 11.3 Å². The second kappa shape index (κ2) is 8.18. The molecule has 2 aliphatic heterocycles. The highest BCUT2D eigenvalue weighted by molar-refractivity contribution is 7.15. The van der Waals surface area contributed by atoms with Crippen LogP contribution in [0.1, 0.15) is 53.6 Å². The summed E-state index contributed by atoms with van der Waals surface area (Å²) in [4.78, 5) is 52.3. The van der Waals surface area contributed by atoms with Gasteiger partial charge in [0.25, 0.3) is 5.91 Å². The molecule has 172 valence electrons. The Morgan fingerprint density at radius 3 is 2.85 bits per heavy atom. The van der Waals surface area contributed by atoms with E-state index in [0.29, 0.717) is 27.8 Å². The lowest BCUT2D eigenvalue weighted by Gasteiger charge is -2.33. The minimum Gasteiger partial charge on any atom is -0.493 e. The van der Waals surface area contributed by atoms with Gasteiger partial charge in [0, 0.05) is 12.0 Å². The molecule has 5 rings (SSSR count). The number of rotatable bonds is 6. The highest BCUT2D eigenvalue weighted by Crippen LogP contribution is 2.46. The molecule has 1 unspecified atom stereocenters. The Kier molecular flexibility index (Phi) is 5.32. The standard InChI is InChI=1S/C23H23N3O6S/c1-2-31-20(28)18-14(13-7-8-13)12-33-19(18)24-17(27)11-26-21(29)23(25-22(26)30)9-10-32-16-6-4-3-5-15(16)23/h3-6,12-13H,2,7-11H2,1H3,(H,24,27)(H,25,30). The van der Waals surface area contributed by atoms with E-state index in [9.17, 15) is 19.2 Å². The molecule has 1 saturated heterocycles. The van der Waals surface area contributed by atoms with E-state index in [0.717, 1.165) is 23.3 Å². The van der Waals surface area contributed by atoms with Crippen LogP contribution in [-0.4, -0.2) is 48.5 Å². The van der Waals surface area contributed by atoms with E-state index in [4.69, 9.17) is 9.47 Å². The molecular weight excluding hydrogens is 446 g/mol. The van der Waals surface area contributed by atoms with E-state index >= 15 is 0 Å². The number of hydrogen-bond acceptors (Lipinski definition) is 7. The molecule has 2 N–H and O–H groups in total. The number of amides is 4. The van der Waals surface area contributed by atoms with Gasteiger partial charge in [-0.25, -0.2) is 9.59 Å². The minimum atomic E-state index is -1.25. The number of benzene rings is 1. The summed E-state index contributed by atoms with van der Waals surface area (Å²) < 4.78 is 10.8. The van der Waals surface area contributed by atoms with Crippen molar-refractivity contribution in [2.45, 2.75) is 37.6 Å². The molecule has 10 heteroatoms. The highest BCUT2D eigenvalue weighted by atomic mass is 32.1. The number of carbonyl (C=O) groups is 4. The number of esters is 1. The fourth-order valence-electron chi connectivity index (χ4n) is 4.40. The number of thiophene rings is 1. The zero-order valence-electron chi connectivity index (χ0n) is 18.0. The predicted octanol–water partition coefficient (Wildman–Crippen LogP) is 2.97. The third kappa shape index (κ3) is 3.64. The van der Waals surface area contributed by atoms with E-state index in [-0.39, 0.29) is 19.6 Å². The Morgan fingerprint density at radius 2 is 2.09 bits per heavy atom. The maximum absolute atomic E-state index is 13.3. The van der Waals surface area contributed by atoms with Crippen LogP contribution in [0.3, 0.4) is 0 Å². The number of nitrogens with zero attached hydrogens (tertiary/aromatic N) is 1. The third-order valence-electron chi connectivity index (χ3n) is 6.13. The summed E-state index contributed by atoms with van der Waals surface area (Å²) in [6.07, 6.45) is 2.26. The summed E-state index contributed by atoms with van der Waals surface area (Å²) in [5.41, 5.74) is 0.574. The summed E-state index contributed by atoms with van der Waals surface area (Å²) in [5.74, 6) is -0.706. The quantitative estimate of drug-likeness (QED) is 0.497. The van der Waals surface area contributed by atoms with E-state index in [1.54, 1.807) is 31.2 Å². The zero-order chi connectivity index (χ0) is 23.2. The lowest BCUT2D eigenvalue weighted by atomic mass is 9.84. The topological polar surface area (TPSA) is 114 Å². The Hall–Kier alpha value is -3.40. The number of imide groups is 1. The molecule has 3 aliphatic rings. The van der Waals surface area contributed by atoms with Crippen molar-refractivity contribution in [1.82, 2.24) is 10.2 Å². The van der Waals surface area contributed by atoms with E-state index in [1.807, 2.05) is 5.38 Å². The second-order valence-electron chi connectivity index (χ2n) is 8.26. The molecule has 1 aromatic heterocycles. The number of fused-ring (bicyclic) bond motifs is 2. The molecule has 33 heavy (non-hydrogen) atoms. The first-order valence-corrected chi connectivity index (χ1v) is 11.8. The smallest absolute Gasteiger partial charge is 0.341 e. The first-order valence-electron chi connectivity index (χ1n) is 10.9. The van der Waals surface area contributed by atoms with Gasteiger partial charge in [-0.05, 0) is 42.7 Å². The first kappa shape index (κ1) is 21.4. The van der Waals surface area contributed by atoms with Crippen LogP contribution in [0.15, 0.2) is 29.6 Å². The van der Waals surface area contributed by atoms with Crippen molar-refractivity contribution in [3.8, 4) is 5.75 Å². The van der Waals surface area contributed by atoms with Crippen LogP contribution in [0.25, 0.3) is 0 Å². The van der Waals surface area contributed by atoms with Gasteiger partial charge in [0.15, 0.2) is 5.54 Å². The molecule has 2 fully saturated rings. The third-order valence-corrected chi connectivity index (χ3v) is 7.04. The van der Waals surface area contributed by atoms with Crippen molar-refractivity contribution < 1.29 is 28.7 Å². The molecule has 3 heterocycles. The lowest BCUT2D eigenvalue weighted by molar-refractivity contribution is -0.135. The number of ether oxygens (including phenoxy) is 2. The van der Waals surface area contributed by atoms with Crippen LogP contribution in [-0.2, 0) is 19.9 Å². The fraction of sp³-hybridized carbons (Fsp3) is 0.391. The lowest BCUT2D eigenvalue weighted by Crippen LogP contribution is -2.48. The normalized spacial score (nSPS) is 21.4. The SMILES string of the molecule is CCOC(=O)c1c(C2CC2)csc1NC(=O)CN1C(=O)NC2(CCOc3ccccc32)C1=O. The van der Waals surface area contributed by atoms with Crippen molar-refractivity contribution >= 4 is 40.2 Å². The fourth-order valence-corrected chi connectivity index (χ4v) is 5.44. The number of anilines is 1. The van der Waals surface area contributed by atoms with Gasteiger partial charge < -0.3 is 20.1 Å². The molecule has 0 bridgehead atoms. The minimum absolute atomic E-state index is 0.224. The van der Waals surface area contributed by atoms with Crippen molar-refractivity contribution in [3.05, 3.63) is 46.3 Å². The molecular formula is C23H23N3O6S. The molecule has 1 aliphatic carbocycles. The van der Waals surface area contributed by atoms with Crippen LogP contribution in [0.2, 0.25) is 0 Å². The second-order valence-corrected chi connectivity index (χ2v) is 9.14. The predicted molar refractivity (Wildman–Crippen MR) is 119 cm³/mol. The average Bonchev–Trinajstić information content (AvgIpc) is 3.52. The van der Waals surface area contributed by atoms with Crippen molar-refractivity contribution in [2.75, 3.05) is 25.1 Å².